The third-order valence-corrected chi connectivity index (χ3v) is 3.37. The number of carbonyl (C=O) groups is 1. The van der Waals surface area contributed by atoms with Crippen LogP contribution in [0, 0.1) is 0 Å². The van der Waals surface area contributed by atoms with Gasteiger partial charge in [0.2, 0.25) is 5.75 Å². The molecule has 0 amide bonds. The van der Waals surface area contributed by atoms with Crippen LogP contribution in [0.2, 0.25) is 10.0 Å². The first-order chi connectivity index (χ1) is 11.0. The van der Waals surface area contributed by atoms with Gasteiger partial charge in [-0.3, -0.25) is 0 Å². The summed E-state index contributed by atoms with van der Waals surface area (Å²) in [6.07, 6.45) is 0. The predicted molar refractivity (Wildman–Crippen MR) is 87.1 cm³/mol. The molecule has 0 bridgehead atoms. The molecule has 0 aliphatic rings. The van der Waals surface area contributed by atoms with Gasteiger partial charge in [-0.1, -0.05) is 29.3 Å². The van der Waals surface area contributed by atoms with E-state index in [-0.39, 0.29) is 12.4 Å². The number of halogens is 2. The summed E-state index contributed by atoms with van der Waals surface area (Å²) in [7, 11) is 2.94. The van der Waals surface area contributed by atoms with Crippen molar-refractivity contribution >= 4 is 29.2 Å². The quantitative estimate of drug-likeness (QED) is 0.578. The van der Waals surface area contributed by atoms with Crippen molar-refractivity contribution in [3.8, 4) is 23.0 Å². The highest BCUT2D eigenvalue weighted by Gasteiger charge is 2.16. The van der Waals surface area contributed by atoms with E-state index >= 15 is 0 Å². The zero-order chi connectivity index (χ0) is 16.8. The lowest BCUT2D eigenvalue weighted by atomic mass is 10.3. The fourth-order valence-corrected chi connectivity index (χ4v) is 2.25. The first-order valence-electron chi connectivity index (χ1n) is 6.54. The Balaban J connectivity index is 2.05. The van der Waals surface area contributed by atoms with Gasteiger partial charge in [0, 0.05) is 5.02 Å². The highest BCUT2D eigenvalue weighted by atomic mass is 35.5. The first kappa shape index (κ1) is 17.2. The summed E-state index contributed by atoms with van der Waals surface area (Å²) < 4.78 is 20.9. The van der Waals surface area contributed by atoms with Crippen LogP contribution in [-0.2, 0) is 4.79 Å². The normalized spacial score (nSPS) is 10.1. The van der Waals surface area contributed by atoms with Gasteiger partial charge in [-0.2, -0.15) is 0 Å². The van der Waals surface area contributed by atoms with Crippen LogP contribution in [0.4, 0.5) is 0 Å². The fourth-order valence-electron chi connectivity index (χ4n) is 1.79. The lowest BCUT2D eigenvalue weighted by Gasteiger charge is -2.13. The van der Waals surface area contributed by atoms with Gasteiger partial charge >= 0.3 is 5.97 Å². The van der Waals surface area contributed by atoms with E-state index < -0.39 is 5.97 Å². The second kappa shape index (κ2) is 7.94. The van der Waals surface area contributed by atoms with Crippen molar-refractivity contribution in [2.75, 3.05) is 20.8 Å². The number of hydrogen-bond donors (Lipinski definition) is 0. The Kier molecular flexibility index (Phi) is 5.96. The maximum atomic E-state index is 12.0. The Labute approximate surface area is 143 Å². The van der Waals surface area contributed by atoms with Crippen molar-refractivity contribution < 1.29 is 23.7 Å². The van der Waals surface area contributed by atoms with Crippen molar-refractivity contribution in [2.45, 2.75) is 0 Å². The van der Waals surface area contributed by atoms with Crippen LogP contribution in [0.5, 0.6) is 23.0 Å². The first-order valence-corrected chi connectivity index (χ1v) is 7.30. The molecule has 0 aliphatic carbocycles. The van der Waals surface area contributed by atoms with Crippen LogP contribution < -0.4 is 18.9 Å². The monoisotopic (exact) mass is 356 g/mol. The molecule has 2 rings (SSSR count). The van der Waals surface area contributed by atoms with Gasteiger partial charge in [-0.05, 0) is 30.3 Å². The van der Waals surface area contributed by atoms with Gasteiger partial charge in [-0.25, -0.2) is 4.79 Å². The van der Waals surface area contributed by atoms with Gasteiger partial charge in [0.1, 0.15) is 5.75 Å². The van der Waals surface area contributed by atoms with Crippen molar-refractivity contribution in [1.29, 1.82) is 0 Å². The fraction of sp³-hybridized carbons (Fsp3) is 0.188. The number of carbonyl (C=O) groups excluding carboxylic acids is 1. The molecule has 2 aromatic rings. The van der Waals surface area contributed by atoms with Crippen molar-refractivity contribution in [3.05, 3.63) is 46.4 Å². The minimum absolute atomic E-state index is 0.188. The summed E-state index contributed by atoms with van der Waals surface area (Å²) in [5.74, 6) is 0.650. The van der Waals surface area contributed by atoms with Crippen LogP contribution in [-0.4, -0.2) is 26.8 Å². The summed E-state index contributed by atoms with van der Waals surface area (Å²) in [5.41, 5.74) is 0. The van der Waals surface area contributed by atoms with E-state index in [0.717, 1.165) is 0 Å². The molecule has 122 valence electrons. The molecule has 0 atom stereocenters. The average Bonchev–Trinajstić information content (AvgIpc) is 2.54. The molecule has 0 fully saturated rings. The van der Waals surface area contributed by atoms with Crippen molar-refractivity contribution in [1.82, 2.24) is 0 Å². The van der Waals surface area contributed by atoms with Crippen LogP contribution in [0.3, 0.4) is 0 Å². The smallest absolute Gasteiger partial charge is 0.349 e. The van der Waals surface area contributed by atoms with E-state index in [1.165, 1.54) is 20.3 Å². The van der Waals surface area contributed by atoms with E-state index in [1.54, 1.807) is 30.3 Å². The lowest BCUT2D eigenvalue weighted by Crippen LogP contribution is -2.18. The Hall–Kier alpha value is -2.11. The average molecular weight is 357 g/mol. The van der Waals surface area contributed by atoms with Gasteiger partial charge < -0.3 is 18.9 Å². The molecule has 0 unspecified atom stereocenters. The number of hydrogen-bond acceptors (Lipinski definition) is 5. The van der Waals surface area contributed by atoms with E-state index in [0.29, 0.717) is 27.3 Å². The van der Waals surface area contributed by atoms with Gasteiger partial charge in [-0.15, -0.1) is 0 Å². The topological polar surface area (TPSA) is 54.0 Å². The van der Waals surface area contributed by atoms with Crippen molar-refractivity contribution in [2.24, 2.45) is 0 Å². The van der Waals surface area contributed by atoms with Crippen LogP contribution >= 0.6 is 23.2 Å². The molecule has 0 aromatic heterocycles. The molecule has 0 heterocycles. The zero-order valence-corrected chi connectivity index (χ0v) is 14.0. The number of para-hydroxylation sites is 1. The largest absolute Gasteiger partial charge is 0.493 e. The standard InChI is InChI=1S/C16H14Cl2O5/c1-20-13-4-3-5-14(21-2)16(13)23-15(19)9-22-12-7-6-10(17)8-11(12)18/h3-8H,9H2,1-2H3. The van der Waals surface area contributed by atoms with Gasteiger partial charge in [0.15, 0.2) is 18.1 Å². The third kappa shape index (κ3) is 4.43. The SMILES string of the molecule is COc1cccc(OC)c1OC(=O)COc1ccc(Cl)cc1Cl. The molecule has 5 nitrogen and oxygen atoms in total. The Morgan fingerprint density at radius 3 is 2.22 bits per heavy atom. The predicted octanol–water partition coefficient (Wildman–Crippen LogP) is 4.00. The molecular formula is C16H14Cl2O5. The van der Waals surface area contributed by atoms with Gasteiger partial charge in [0.05, 0.1) is 19.2 Å². The summed E-state index contributed by atoms with van der Waals surface area (Å²) in [6.45, 7) is -0.331. The summed E-state index contributed by atoms with van der Waals surface area (Å²) in [5, 5.41) is 0.781. The molecule has 0 N–H and O–H groups in total. The lowest BCUT2D eigenvalue weighted by molar-refractivity contribution is -0.136. The summed E-state index contributed by atoms with van der Waals surface area (Å²) in [6, 6.07) is 9.73. The number of rotatable bonds is 6. The molecular weight excluding hydrogens is 343 g/mol. The molecule has 0 aliphatic heterocycles. The van der Waals surface area contributed by atoms with Crippen LogP contribution in [0.25, 0.3) is 0 Å². The number of esters is 1. The maximum Gasteiger partial charge on any atom is 0.349 e. The Morgan fingerprint density at radius 2 is 1.65 bits per heavy atom. The summed E-state index contributed by atoms with van der Waals surface area (Å²) >= 11 is 11.8. The molecule has 2 aromatic carbocycles. The maximum absolute atomic E-state index is 12.0. The number of benzene rings is 2. The van der Waals surface area contributed by atoms with E-state index in [1.807, 2.05) is 0 Å². The van der Waals surface area contributed by atoms with Crippen LogP contribution in [0.15, 0.2) is 36.4 Å². The highest BCUT2D eigenvalue weighted by molar-refractivity contribution is 6.35. The second-order valence-electron chi connectivity index (χ2n) is 4.33. The Morgan fingerprint density at radius 1 is 1.00 bits per heavy atom. The van der Waals surface area contributed by atoms with Gasteiger partial charge in [0.25, 0.3) is 0 Å². The van der Waals surface area contributed by atoms with E-state index in [9.17, 15) is 4.79 Å². The van der Waals surface area contributed by atoms with Crippen LogP contribution in [0.1, 0.15) is 0 Å². The number of methoxy groups -OCH3 is 2. The molecule has 0 spiro atoms. The molecule has 7 heteroatoms. The van der Waals surface area contributed by atoms with Crippen molar-refractivity contribution in [3.63, 3.8) is 0 Å². The van der Waals surface area contributed by atoms with E-state index in [4.69, 9.17) is 42.1 Å². The molecule has 0 radical (unpaired) electrons. The summed E-state index contributed by atoms with van der Waals surface area (Å²) in [4.78, 5) is 12.0. The molecule has 23 heavy (non-hydrogen) atoms. The minimum Gasteiger partial charge on any atom is -0.493 e. The zero-order valence-electron chi connectivity index (χ0n) is 12.5. The number of ether oxygens (including phenoxy) is 4. The second-order valence-corrected chi connectivity index (χ2v) is 5.17. The Bertz CT molecular complexity index is 681. The highest BCUT2D eigenvalue weighted by Crippen LogP contribution is 2.37. The molecule has 0 saturated carbocycles. The minimum atomic E-state index is -0.626. The third-order valence-electron chi connectivity index (χ3n) is 2.84. The van der Waals surface area contributed by atoms with E-state index in [2.05, 4.69) is 0 Å². The molecule has 0 saturated heterocycles.